The number of thioether (sulfide) groups is 2. The molecule has 2 aromatic rings. The Bertz CT molecular complexity index is 703. The summed E-state index contributed by atoms with van der Waals surface area (Å²) < 4.78 is 1.59. The quantitative estimate of drug-likeness (QED) is 0.467. The maximum atomic E-state index is 12.2. The highest BCUT2D eigenvalue weighted by molar-refractivity contribution is 8.03. The predicted octanol–water partition coefficient (Wildman–Crippen LogP) is 2.90. The fourth-order valence-corrected chi connectivity index (χ4v) is 3.88. The number of nitrogens with one attached hydrogen (secondary N) is 1. The van der Waals surface area contributed by atoms with E-state index in [-0.39, 0.29) is 28.9 Å². The first kappa shape index (κ1) is 16.8. The molecule has 0 unspecified atom stereocenters. The number of phenols is 1. The van der Waals surface area contributed by atoms with Gasteiger partial charge in [-0.3, -0.25) is 9.59 Å². The van der Waals surface area contributed by atoms with Crippen LogP contribution in [-0.2, 0) is 4.79 Å². The maximum Gasteiger partial charge on any atom is 0.221 e. The third-order valence-corrected chi connectivity index (χ3v) is 5.55. The summed E-state index contributed by atoms with van der Waals surface area (Å²) in [4.78, 5) is 23.2. The van der Waals surface area contributed by atoms with Gasteiger partial charge in [0.15, 0.2) is 14.5 Å². The zero-order valence-corrected chi connectivity index (χ0v) is 14.3. The van der Waals surface area contributed by atoms with E-state index in [0.717, 1.165) is 8.68 Å². The average Bonchev–Trinajstić information content (AvgIpc) is 2.94. The molecule has 0 radical (unpaired) electrons. The molecular weight excluding hydrogens is 342 g/mol. The van der Waals surface area contributed by atoms with Crippen LogP contribution in [0.4, 0.5) is 5.69 Å². The zero-order valence-electron chi connectivity index (χ0n) is 11.8. The molecule has 22 heavy (non-hydrogen) atoms. The fourth-order valence-electron chi connectivity index (χ4n) is 1.55. The Balaban J connectivity index is 2.04. The van der Waals surface area contributed by atoms with Gasteiger partial charge in [0.2, 0.25) is 5.91 Å². The van der Waals surface area contributed by atoms with E-state index in [9.17, 15) is 14.7 Å². The predicted molar refractivity (Wildman–Crippen MR) is 89.2 cm³/mol. The van der Waals surface area contributed by atoms with E-state index in [4.69, 9.17) is 0 Å². The molecule has 0 saturated carbocycles. The molecule has 1 amide bonds. The van der Waals surface area contributed by atoms with Crippen molar-refractivity contribution in [1.82, 2.24) is 10.2 Å². The Kier molecular flexibility index (Phi) is 5.81. The number of nitrogens with zero attached hydrogens (tertiary/aromatic N) is 2. The van der Waals surface area contributed by atoms with Gasteiger partial charge in [0.05, 0.1) is 11.4 Å². The van der Waals surface area contributed by atoms with Crippen molar-refractivity contribution >= 4 is 52.2 Å². The van der Waals surface area contributed by atoms with Crippen LogP contribution in [0.3, 0.4) is 0 Å². The lowest BCUT2D eigenvalue weighted by molar-refractivity contribution is -0.114. The largest absolute Gasteiger partial charge is 0.506 e. The number of hydrogen-bond acceptors (Lipinski definition) is 8. The molecule has 9 heteroatoms. The SMILES string of the molecule is CSc1nnc(SCC(=O)c2ccc(O)c(NC(C)=O)c2)s1. The second kappa shape index (κ2) is 7.61. The molecule has 6 nitrogen and oxygen atoms in total. The van der Waals surface area contributed by atoms with Gasteiger partial charge in [0, 0.05) is 12.5 Å². The number of phenolic OH excluding ortho intramolecular Hbond substituents is 1. The lowest BCUT2D eigenvalue weighted by Gasteiger charge is -2.07. The molecule has 0 aliphatic carbocycles. The number of aromatic nitrogens is 2. The van der Waals surface area contributed by atoms with Gasteiger partial charge in [0.1, 0.15) is 5.75 Å². The van der Waals surface area contributed by atoms with Crippen molar-refractivity contribution in [2.45, 2.75) is 15.6 Å². The minimum absolute atomic E-state index is 0.0758. The Labute approximate surface area is 139 Å². The molecule has 1 aromatic heterocycles. The Morgan fingerprint density at radius 2 is 2.05 bits per heavy atom. The number of anilines is 1. The molecule has 0 aliphatic heterocycles. The average molecular weight is 355 g/mol. The second-order valence-corrected chi connectivity index (χ2v) is 7.42. The van der Waals surface area contributed by atoms with Crippen molar-refractivity contribution in [3.8, 4) is 5.75 Å². The van der Waals surface area contributed by atoms with Gasteiger partial charge in [-0.15, -0.1) is 10.2 Å². The molecular formula is C13H13N3O3S3. The van der Waals surface area contributed by atoms with Crippen LogP contribution in [0, 0.1) is 0 Å². The van der Waals surface area contributed by atoms with Crippen LogP contribution in [0.2, 0.25) is 0 Å². The Morgan fingerprint density at radius 3 is 2.68 bits per heavy atom. The third kappa shape index (κ3) is 4.46. The monoisotopic (exact) mass is 355 g/mol. The van der Waals surface area contributed by atoms with Gasteiger partial charge in [-0.2, -0.15) is 0 Å². The van der Waals surface area contributed by atoms with Crippen molar-refractivity contribution in [2.75, 3.05) is 17.3 Å². The first-order chi connectivity index (χ1) is 10.5. The van der Waals surface area contributed by atoms with E-state index in [1.807, 2.05) is 6.26 Å². The third-order valence-electron chi connectivity index (χ3n) is 2.52. The summed E-state index contributed by atoms with van der Waals surface area (Å²) in [6, 6.07) is 4.38. The van der Waals surface area contributed by atoms with Gasteiger partial charge in [0.25, 0.3) is 0 Å². The van der Waals surface area contributed by atoms with E-state index in [1.165, 1.54) is 60.0 Å². The highest BCUT2D eigenvalue weighted by Gasteiger charge is 2.12. The van der Waals surface area contributed by atoms with Crippen molar-refractivity contribution in [2.24, 2.45) is 0 Å². The van der Waals surface area contributed by atoms with E-state index >= 15 is 0 Å². The van der Waals surface area contributed by atoms with Crippen LogP contribution in [0.15, 0.2) is 26.9 Å². The number of benzene rings is 1. The smallest absolute Gasteiger partial charge is 0.221 e. The number of rotatable bonds is 6. The fraction of sp³-hybridized carbons (Fsp3) is 0.231. The second-order valence-electron chi connectivity index (χ2n) is 4.16. The van der Waals surface area contributed by atoms with E-state index in [2.05, 4.69) is 15.5 Å². The molecule has 1 heterocycles. The van der Waals surface area contributed by atoms with Gasteiger partial charge in [-0.05, 0) is 24.5 Å². The summed E-state index contributed by atoms with van der Waals surface area (Å²) in [5.41, 5.74) is 0.646. The first-order valence-electron chi connectivity index (χ1n) is 6.13. The topological polar surface area (TPSA) is 92.2 Å². The number of amides is 1. The first-order valence-corrected chi connectivity index (χ1v) is 9.16. The van der Waals surface area contributed by atoms with Gasteiger partial charge in [-0.25, -0.2) is 0 Å². The summed E-state index contributed by atoms with van der Waals surface area (Å²) >= 11 is 4.26. The number of carbonyl (C=O) groups excluding carboxylic acids is 2. The van der Waals surface area contributed by atoms with Crippen molar-refractivity contribution in [1.29, 1.82) is 0 Å². The van der Waals surface area contributed by atoms with E-state index in [0.29, 0.717) is 5.56 Å². The minimum Gasteiger partial charge on any atom is -0.506 e. The summed E-state index contributed by atoms with van der Waals surface area (Å²) in [6.45, 7) is 1.34. The number of carbonyl (C=O) groups is 2. The highest BCUT2D eigenvalue weighted by Crippen LogP contribution is 2.29. The number of Topliss-reactive ketones (excluding diaryl/α,β-unsaturated/α-hetero) is 1. The van der Waals surface area contributed by atoms with Crippen LogP contribution >= 0.6 is 34.9 Å². The molecule has 1 aromatic carbocycles. The molecule has 2 rings (SSSR count). The molecule has 0 fully saturated rings. The van der Waals surface area contributed by atoms with Crippen molar-refractivity contribution in [3.05, 3.63) is 23.8 Å². The van der Waals surface area contributed by atoms with Crippen molar-refractivity contribution < 1.29 is 14.7 Å². The van der Waals surface area contributed by atoms with Gasteiger partial charge >= 0.3 is 0 Å². The summed E-state index contributed by atoms with van der Waals surface area (Å²) in [6.07, 6.45) is 1.92. The lowest BCUT2D eigenvalue weighted by Crippen LogP contribution is -2.08. The molecule has 116 valence electrons. The molecule has 0 atom stereocenters. The lowest BCUT2D eigenvalue weighted by atomic mass is 10.1. The molecule has 0 spiro atoms. The summed E-state index contributed by atoms with van der Waals surface area (Å²) in [5.74, 6) is -0.286. The standard InChI is InChI=1S/C13H13N3O3S3/c1-7(17)14-9-5-8(3-4-10(9)18)11(19)6-21-13-16-15-12(20-2)22-13/h3-5,18H,6H2,1-2H3,(H,14,17). The Hall–Kier alpha value is -1.58. The summed E-state index contributed by atoms with van der Waals surface area (Å²) in [7, 11) is 0. The van der Waals surface area contributed by atoms with Crippen LogP contribution in [0.1, 0.15) is 17.3 Å². The molecule has 0 saturated heterocycles. The van der Waals surface area contributed by atoms with Crippen LogP contribution < -0.4 is 5.32 Å². The highest BCUT2D eigenvalue weighted by atomic mass is 32.2. The number of ketones is 1. The Morgan fingerprint density at radius 1 is 1.32 bits per heavy atom. The number of hydrogen-bond donors (Lipinski definition) is 2. The van der Waals surface area contributed by atoms with Gasteiger partial charge < -0.3 is 10.4 Å². The van der Waals surface area contributed by atoms with Gasteiger partial charge in [-0.1, -0.05) is 34.9 Å². The van der Waals surface area contributed by atoms with Crippen molar-refractivity contribution in [3.63, 3.8) is 0 Å². The zero-order chi connectivity index (χ0) is 16.1. The van der Waals surface area contributed by atoms with E-state index < -0.39 is 0 Å². The minimum atomic E-state index is -0.312. The molecule has 0 bridgehead atoms. The maximum absolute atomic E-state index is 12.2. The van der Waals surface area contributed by atoms with Crippen LogP contribution in [-0.4, -0.2) is 39.0 Å². The normalized spacial score (nSPS) is 10.5. The number of aromatic hydroxyl groups is 1. The molecule has 2 N–H and O–H groups in total. The summed E-state index contributed by atoms with van der Waals surface area (Å²) in [5, 5.41) is 20.1. The molecule has 0 aliphatic rings. The van der Waals surface area contributed by atoms with Crippen LogP contribution in [0.5, 0.6) is 5.75 Å². The van der Waals surface area contributed by atoms with Crippen LogP contribution in [0.25, 0.3) is 0 Å². The van der Waals surface area contributed by atoms with E-state index in [1.54, 1.807) is 0 Å².